The lowest BCUT2D eigenvalue weighted by Gasteiger charge is -2.22. The highest BCUT2D eigenvalue weighted by Gasteiger charge is 2.35. The molecule has 7 nitrogen and oxygen atoms in total. The number of hydrogen-bond acceptors (Lipinski definition) is 7. The van der Waals surface area contributed by atoms with E-state index in [0.717, 1.165) is 16.2 Å². The van der Waals surface area contributed by atoms with E-state index >= 15 is 0 Å². The molecule has 0 aliphatic carbocycles. The smallest absolute Gasteiger partial charge is 0.496 e. The molecule has 0 N–H and O–H groups in total. The summed E-state index contributed by atoms with van der Waals surface area (Å²) in [6, 6.07) is 33.0. The van der Waals surface area contributed by atoms with Gasteiger partial charge in [-0.15, -0.1) is 0 Å². The fraction of sp³-hybridized carbons (Fsp3) is 0.0909. The Hall–Kier alpha value is -4.87. The quantitative estimate of drug-likeness (QED) is 0.162. The molecule has 8 heteroatoms. The van der Waals surface area contributed by atoms with Crippen molar-refractivity contribution in [3.63, 3.8) is 0 Å². The molecule has 0 fully saturated rings. The van der Waals surface area contributed by atoms with Crippen molar-refractivity contribution in [1.29, 1.82) is 0 Å². The monoisotopic (exact) mass is 566 g/mol. The van der Waals surface area contributed by atoms with Crippen molar-refractivity contribution in [3.05, 3.63) is 109 Å². The standard InChI is InChI=1S/C33H27O7P/c1-35-28-16-19-31(25-13-7-4-10-22(25)28)38-41(34,39-32-20-17-29(36-2)23-11-5-8-14-26(23)32)40-33-21-18-30(37-3)24-12-6-9-15-27(24)33/h4-21H,1-3H3. The van der Waals surface area contributed by atoms with Crippen LogP contribution in [0.15, 0.2) is 109 Å². The first kappa shape index (κ1) is 26.4. The molecule has 0 bridgehead atoms. The van der Waals surface area contributed by atoms with Crippen LogP contribution in [-0.4, -0.2) is 21.3 Å². The van der Waals surface area contributed by atoms with E-state index in [4.69, 9.17) is 27.8 Å². The predicted molar refractivity (Wildman–Crippen MR) is 161 cm³/mol. The summed E-state index contributed by atoms with van der Waals surface area (Å²) in [6.07, 6.45) is 0. The molecule has 6 rings (SSSR count). The number of benzene rings is 6. The molecule has 0 saturated heterocycles. The van der Waals surface area contributed by atoms with Gasteiger partial charge in [-0.3, -0.25) is 0 Å². The Morgan fingerprint density at radius 1 is 0.366 bits per heavy atom. The van der Waals surface area contributed by atoms with Crippen LogP contribution < -0.4 is 27.8 Å². The topological polar surface area (TPSA) is 72.5 Å². The van der Waals surface area contributed by atoms with E-state index in [1.807, 2.05) is 72.8 Å². The molecule has 206 valence electrons. The van der Waals surface area contributed by atoms with Gasteiger partial charge in [-0.05, 0) is 36.4 Å². The molecule has 0 unspecified atom stereocenters. The van der Waals surface area contributed by atoms with Crippen molar-refractivity contribution >= 4 is 40.1 Å². The molecule has 6 aromatic rings. The Bertz CT molecular complexity index is 1710. The summed E-state index contributed by atoms with van der Waals surface area (Å²) in [4.78, 5) is 0. The van der Waals surface area contributed by atoms with Gasteiger partial charge < -0.3 is 27.8 Å². The molecule has 0 aliphatic heterocycles. The molecule has 6 aromatic carbocycles. The van der Waals surface area contributed by atoms with E-state index in [9.17, 15) is 4.57 Å². The van der Waals surface area contributed by atoms with Crippen LogP contribution in [0, 0.1) is 0 Å². The van der Waals surface area contributed by atoms with Crippen molar-refractivity contribution in [2.24, 2.45) is 0 Å². The minimum Gasteiger partial charge on any atom is -0.496 e. The lowest BCUT2D eigenvalue weighted by molar-refractivity contribution is 0.301. The van der Waals surface area contributed by atoms with Crippen LogP contribution in [0.3, 0.4) is 0 Å². The van der Waals surface area contributed by atoms with E-state index in [2.05, 4.69) is 0 Å². The highest BCUT2D eigenvalue weighted by molar-refractivity contribution is 7.49. The number of fused-ring (bicyclic) bond motifs is 3. The lowest BCUT2D eigenvalue weighted by atomic mass is 10.1. The Morgan fingerprint density at radius 3 is 0.829 bits per heavy atom. The highest BCUT2D eigenvalue weighted by Crippen LogP contribution is 2.54. The summed E-state index contributed by atoms with van der Waals surface area (Å²) >= 11 is 0. The zero-order valence-electron chi connectivity index (χ0n) is 22.7. The Labute approximate surface area is 237 Å². The van der Waals surface area contributed by atoms with Crippen molar-refractivity contribution in [2.75, 3.05) is 21.3 Å². The largest absolute Gasteiger partial charge is 0.647 e. The van der Waals surface area contributed by atoms with Crippen LogP contribution in [0.5, 0.6) is 34.5 Å². The molecule has 0 amide bonds. The van der Waals surface area contributed by atoms with Gasteiger partial charge in [0.05, 0.1) is 21.3 Å². The van der Waals surface area contributed by atoms with Gasteiger partial charge in [0.2, 0.25) is 0 Å². The molecule has 0 spiro atoms. The van der Waals surface area contributed by atoms with Gasteiger partial charge in [0, 0.05) is 32.3 Å². The summed E-state index contributed by atoms with van der Waals surface area (Å²) < 4.78 is 50.0. The molecule has 0 aromatic heterocycles. The van der Waals surface area contributed by atoms with E-state index < -0.39 is 7.82 Å². The first-order chi connectivity index (χ1) is 20.0. The van der Waals surface area contributed by atoms with Crippen LogP contribution in [0.4, 0.5) is 0 Å². The van der Waals surface area contributed by atoms with Crippen LogP contribution in [0.2, 0.25) is 0 Å². The molecular weight excluding hydrogens is 539 g/mol. The lowest BCUT2D eigenvalue weighted by Crippen LogP contribution is -2.08. The molecule has 0 heterocycles. The first-order valence-electron chi connectivity index (χ1n) is 12.9. The van der Waals surface area contributed by atoms with Gasteiger partial charge in [0.1, 0.15) is 34.5 Å². The fourth-order valence-corrected chi connectivity index (χ4v) is 6.23. The molecule has 0 aliphatic rings. The zero-order chi connectivity index (χ0) is 28.4. The van der Waals surface area contributed by atoms with E-state index in [1.54, 1.807) is 57.7 Å². The fourth-order valence-electron chi connectivity index (χ4n) is 4.92. The van der Waals surface area contributed by atoms with Crippen LogP contribution in [0.25, 0.3) is 32.3 Å². The third-order valence-corrected chi connectivity index (χ3v) is 8.08. The van der Waals surface area contributed by atoms with Gasteiger partial charge in [0.25, 0.3) is 0 Å². The maximum atomic E-state index is 14.8. The molecule has 0 saturated carbocycles. The molecule has 0 radical (unpaired) electrons. The number of methoxy groups -OCH3 is 3. The van der Waals surface area contributed by atoms with Crippen LogP contribution in [0.1, 0.15) is 0 Å². The van der Waals surface area contributed by atoms with E-state index in [-0.39, 0.29) is 0 Å². The van der Waals surface area contributed by atoms with Crippen molar-refractivity contribution in [3.8, 4) is 34.5 Å². The molecular formula is C33H27O7P. The maximum absolute atomic E-state index is 14.8. The van der Waals surface area contributed by atoms with Gasteiger partial charge in [-0.25, -0.2) is 0 Å². The SMILES string of the molecule is COc1ccc(OP(=O)(Oc2ccc(OC)c3ccccc23)Oc2ccc(OC)c3ccccc23)c2ccccc12. The van der Waals surface area contributed by atoms with Crippen LogP contribution >= 0.6 is 7.82 Å². The number of phosphoric acid groups is 1. The summed E-state index contributed by atoms with van der Waals surface area (Å²) in [5.74, 6) is 2.94. The first-order valence-corrected chi connectivity index (χ1v) is 14.4. The maximum Gasteiger partial charge on any atom is 0.647 e. The summed E-state index contributed by atoms with van der Waals surface area (Å²) in [5.41, 5.74) is 0. The normalized spacial score (nSPS) is 11.4. The number of rotatable bonds is 9. The molecule has 0 atom stereocenters. The Kier molecular flexibility index (Phi) is 7.04. The second-order valence-electron chi connectivity index (χ2n) is 9.16. The molecule has 41 heavy (non-hydrogen) atoms. The summed E-state index contributed by atoms with van der Waals surface area (Å²) in [7, 11) is 0.409. The Balaban J connectivity index is 1.50. The second-order valence-corrected chi connectivity index (χ2v) is 10.6. The number of phosphoric ester groups is 1. The van der Waals surface area contributed by atoms with Gasteiger partial charge >= 0.3 is 7.82 Å². The van der Waals surface area contributed by atoms with Crippen molar-refractivity contribution < 1.29 is 32.3 Å². The minimum absolute atomic E-state index is 0.320. The summed E-state index contributed by atoms with van der Waals surface area (Å²) in [6.45, 7) is 0. The van der Waals surface area contributed by atoms with Crippen molar-refractivity contribution in [1.82, 2.24) is 0 Å². The van der Waals surface area contributed by atoms with Gasteiger partial charge in [-0.1, -0.05) is 72.8 Å². The van der Waals surface area contributed by atoms with Gasteiger partial charge in [0.15, 0.2) is 0 Å². The highest BCUT2D eigenvalue weighted by atomic mass is 31.2. The average molecular weight is 567 g/mol. The second kappa shape index (κ2) is 11.0. The zero-order valence-corrected chi connectivity index (χ0v) is 23.6. The van der Waals surface area contributed by atoms with E-state index in [1.165, 1.54) is 0 Å². The van der Waals surface area contributed by atoms with Gasteiger partial charge in [-0.2, -0.15) is 4.57 Å². The average Bonchev–Trinajstić information content (AvgIpc) is 3.01. The number of hydrogen-bond donors (Lipinski definition) is 0. The Morgan fingerprint density at radius 2 is 0.585 bits per heavy atom. The van der Waals surface area contributed by atoms with E-state index in [0.29, 0.717) is 50.7 Å². The number of ether oxygens (including phenoxy) is 3. The van der Waals surface area contributed by atoms with Crippen LogP contribution in [-0.2, 0) is 4.57 Å². The third kappa shape index (κ3) is 4.96. The minimum atomic E-state index is -4.39. The third-order valence-electron chi connectivity index (χ3n) is 6.82. The van der Waals surface area contributed by atoms with Crippen molar-refractivity contribution in [2.45, 2.75) is 0 Å². The summed E-state index contributed by atoms with van der Waals surface area (Å²) in [5, 5.41) is 4.46. The predicted octanol–water partition coefficient (Wildman–Crippen LogP) is 8.82.